The second-order valence-electron chi connectivity index (χ2n) is 4.00. The molecular formula is C13H13F3O2. The number of Topliss-reactive ketones (excluding diaryl/α,β-unsaturated/α-hetero) is 2. The van der Waals surface area contributed by atoms with E-state index in [1.165, 1.54) is 12.1 Å². The highest BCUT2D eigenvalue weighted by Crippen LogP contribution is 2.23. The second-order valence-corrected chi connectivity index (χ2v) is 4.00. The van der Waals surface area contributed by atoms with E-state index in [0.717, 1.165) is 18.9 Å². The zero-order valence-corrected chi connectivity index (χ0v) is 10.0. The standard InChI is InChI=1S/C13H13F3O2/c1-3-9-4-6-10(7-5-9)11(17)8(2)12(18)13(14,15)16/h4-8H,3H2,1-2H3. The van der Waals surface area contributed by atoms with Crippen molar-refractivity contribution in [2.24, 2.45) is 5.92 Å². The van der Waals surface area contributed by atoms with E-state index in [0.29, 0.717) is 0 Å². The monoisotopic (exact) mass is 258 g/mol. The van der Waals surface area contributed by atoms with Crippen LogP contribution in [0, 0.1) is 5.92 Å². The lowest BCUT2D eigenvalue weighted by Gasteiger charge is -2.12. The van der Waals surface area contributed by atoms with Gasteiger partial charge in [0.2, 0.25) is 5.78 Å². The van der Waals surface area contributed by atoms with Crippen molar-refractivity contribution in [2.75, 3.05) is 0 Å². The number of benzene rings is 1. The molecule has 0 aliphatic heterocycles. The van der Waals surface area contributed by atoms with Crippen LogP contribution in [0.2, 0.25) is 0 Å². The molecule has 0 saturated heterocycles. The molecule has 2 nitrogen and oxygen atoms in total. The van der Waals surface area contributed by atoms with E-state index in [1.54, 1.807) is 12.1 Å². The molecule has 0 radical (unpaired) electrons. The van der Waals surface area contributed by atoms with Crippen molar-refractivity contribution in [3.63, 3.8) is 0 Å². The smallest absolute Gasteiger partial charge is 0.293 e. The van der Waals surface area contributed by atoms with E-state index >= 15 is 0 Å². The maximum Gasteiger partial charge on any atom is 0.450 e. The van der Waals surface area contributed by atoms with Gasteiger partial charge in [0, 0.05) is 5.56 Å². The van der Waals surface area contributed by atoms with Crippen LogP contribution in [0.1, 0.15) is 29.8 Å². The van der Waals surface area contributed by atoms with Crippen LogP contribution in [-0.4, -0.2) is 17.7 Å². The highest BCUT2D eigenvalue weighted by atomic mass is 19.4. The maximum atomic E-state index is 12.2. The zero-order chi connectivity index (χ0) is 13.9. The summed E-state index contributed by atoms with van der Waals surface area (Å²) in [6, 6.07) is 6.22. The Morgan fingerprint density at radius 1 is 1.17 bits per heavy atom. The number of ketones is 2. The molecular weight excluding hydrogens is 245 g/mol. The molecule has 0 spiro atoms. The first-order valence-corrected chi connectivity index (χ1v) is 5.51. The average molecular weight is 258 g/mol. The van der Waals surface area contributed by atoms with Gasteiger partial charge in [0.15, 0.2) is 5.78 Å². The molecule has 1 aromatic carbocycles. The van der Waals surface area contributed by atoms with Crippen LogP contribution in [0.15, 0.2) is 24.3 Å². The van der Waals surface area contributed by atoms with Crippen molar-refractivity contribution in [3.05, 3.63) is 35.4 Å². The van der Waals surface area contributed by atoms with Crippen molar-refractivity contribution >= 4 is 11.6 Å². The van der Waals surface area contributed by atoms with Crippen LogP contribution in [0.5, 0.6) is 0 Å². The van der Waals surface area contributed by atoms with Crippen LogP contribution in [0.25, 0.3) is 0 Å². The van der Waals surface area contributed by atoms with Crippen molar-refractivity contribution in [1.82, 2.24) is 0 Å². The Morgan fingerprint density at radius 3 is 2.06 bits per heavy atom. The maximum absolute atomic E-state index is 12.2. The SMILES string of the molecule is CCc1ccc(C(=O)C(C)C(=O)C(F)(F)F)cc1. The number of alkyl halides is 3. The molecule has 1 aromatic rings. The topological polar surface area (TPSA) is 34.1 Å². The molecule has 0 fully saturated rings. The van der Waals surface area contributed by atoms with E-state index in [1.807, 2.05) is 6.92 Å². The Kier molecular flexibility index (Phi) is 4.27. The quantitative estimate of drug-likeness (QED) is 0.614. The molecule has 98 valence electrons. The van der Waals surface area contributed by atoms with Crippen molar-refractivity contribution < 1.29 is 22.8 Å². The molecule has 0 N–H and O–H groups in total. The summed E-state index contributed by atoms with van der Waals surface area (Å²) in [5, 5.41) is 0. The van der Waals surface area contributed by atoms with Gasteiger partial charge in [-0.25, -0.2) is 0 Å². The lowest BCUT2D eigenvalue weighted by atomic mass is 9.94. The Labute approximate surface area is 103 Å². The van der Waals surface area contributed by atoms with Crippen molar-refractivity contribution in [3.8, 4) is 0 Å². The van der Waals surface area contributed by atoms with Crippen molar-refractivity contribution in [2.45, 2.75) is 26.4 Å². The number of halogens is 3. The fourth-order valence-corrected chi connectivity index (χ4v) is 1.52. The third kappa shape index (κ3) is 3.18. The first-order valence-electron chi connectivity index (χ1n) is 5.51. The van der Waals surface area contributed by atoms with Gasteiger partial charge in [-0.05, 0) is 18.9 Å². The largest absolute Gasteiger partial charge is 0.450 e. The second kappa shape index (κ2) is 5.33. The third-order valence-electron chi connectivity index (χ3n) is 2.71. The molecule has 0 amide bonds. The summed E-state index contributed by atoms with van der Waals surface area (Å²) >= 11 is 0. The Balaban J connectivity index is 2.90. The van der Waals surface area contributed by atoms with E-state index < -0.39 is 23.7 Å². The van der Waals surface area contributed by atoms with E-state index in [4.69, 9.17) is 0 Å². The van der Waals surface area contributed by atoms with Gasteiger partial charge >= 0.3 is 6.18 Å². The van der Waals surface area contributed by atoms with Gasteiger partial charge in [0.05, 0.1) is 5.92 Å². The van der Waals surface area contributed by atoms with E-state index in [2.05, 4.69) is 0 Å². The average Bonchev–Trinajstić information content (AvgIpc) is 2.35. The lowest BCUT2D eigenvalue weighted by Crippen LogP contribution is -2.33. The van der Waals surface area contributed by atoms with E-state index in [-0.39, 0.29) is 5.56 Å². The number of aryl methyl sites for hydroxylation is 1. The summed E-state index contributed by atoms with van der Waals surface area (Å²) in [4.78, 5) is 22.7. The Hall–Kier alpha value is -1.65. The van der Waals surface area contributed by atoms with Crippen LogP contribution in [-0.2, 0) is 11.2 Å². The summed E-state index contributed by atoms with van der Waals surface area (Å²) in [5.41, 5.74) is 1.10. The highest BCUT2D eigenvalue weighted by molar-refractivity contribution is 6.11. The predicted octanol–water partition coefficient (Wildman–Crippen LogP) is 3.20. The van der Waals surface area contributed by atoms with Gasteiger partial charge in [0.1, 0.15) is 0 Å². The Bertz CT molecular complexity index is 446. The van der Waals surface area contributed by atoms with Gasteiger partial charge in [-0.3, -0.25) is 9.59 Å². The number of carbonyl (C=O) groups excluding carboxylic acids is 2. The molecule has 1 atom stereocenters. The predicted molar refractivity (Wildman–Crippen MR) is 60.4 cm³/mol. The summed E-state index contributed by atoms with van der Waals surface area (Å²) in [6.45, 7) is 2.90. The molecule has 0 aromatic heterocycles. The van der Waals surface area contributed by atoms with E-state index in [9.17, 15) is 22.8 Å². The van der Waals surface area contributed by atoms with Gasteiger partial charge in [0.25, 0.3) is 0 Å². The van der Waals surface area contributed by atoms with Gasteiger partial charge in [-0.15, -0.1) is 0 Å². The van der Waals surface area contributed by atoms with Gasteiger partial charge < -0.3 is 0 Å². The van der Waals surface area contributed by atoms with Crippen LogP contribution < -0.4 is 0 Å². The molecule has 18 heavy (non-hydrogen) atoms. The number of hydrogen-bond donors (Lipinski definition) is 0. The minimum absolute atomic E-state index is 0.123. The third-order valence-corrected chi connectivity index (χ3v) is 2.71. The van der Waals surface area contributed by atoms with Crippen LogP contribution in [0.3, 0.4) is 0 Å². The number of rotatable bonds is 4. The molecule has 5 heteroatoms. The molecule has 0 aliphatic rings. The number of hydrogen-bond acceptors (Lipinski definition) is 2. The Morgan fingerprint density at radius 2 is 1.67 bits per heavy atom. The fraction of sp³-hybridized carbons (Fsp3) is 0.385. The minimum Gasteiger partial charge on any atom is -0.293 e. The minimum atomic E-state index is -4.97. The van der Waals surface area contributed by atoms with Crippen LogP contribution >= 0.6 is 0 Å². The molecule has 1 unspecified atom stereocenters. The van der Waals surface area contributed by atoms with Gasteiger partial charge in [-0.2, -0.15) is 13.2 Å². The summed E-state index contributed by atoms with van der Waals surface area (Å²) in [5.74, 6) is -4.51. The van der Waals surface area contributed by atoms with Crippen LogP contribution in [0.4, 0.5) is 13.2 Å². The zero-order valence-electron chi connectivity index (χ0n) is 10.0. The molecule has 0 saturated carbocycles. The summed E-state index contributed by atoms with van der Waals surface area (Å²) in [6.07, 6.45) is -4.20. The van der Waals surface area contributed by atoms with Crippen molar-refractivity contribution in [1.29, 1.82) is 0 Å². The fourth-order valence-electron chi connectivity index (χ4n) is 1.52. The molecule has 0 heterocycles. The van der Waals surface area contributed by atoms with Gasteiger partial charge in [-0.1, -0.05) is 31.2 Å². The molecule has 0 aliphatic carbocycles. The number of carbonyl (C=O) groups is 2. The summed E-state index contributed by atoms with van der Waals surface area (Å²) in [7, 11) is 0. The first kappa shape index (κ1) is 14.4. The molecule has 0 bridgehead atoms. The molecule has 1 rings (SSSR count). The summed E-state index contributed by atoms with van der Waals surface area (Å²) < 4.78 is 36.6. The normalized spacial score (nSPS) is 13.2. The first-order chi connectivity index (χ1) is 8.27. The lowest BCUT2D eigenvalue weighted by molar-refractivity contribution is -0.173. The highest BCUT2D eigenvalue weighted by Gasteiger charge is 2.44.